The van der Waals surface area contributed by atoms with Gasteiger partial charge in [-0.2, -0.15) is 0 Å². The van der Waals surface area contributed by atoms with Crippen molar-refractivity contribution < 1.29 is 13.9 Å². The number of carbonyl (C=O) groups excluding carboxylic acids is 1. The topological polar surface area (TPSA) is 106 Å². The minimum absolute atomic E-state index is 0.119. The molecule has 0 unspecified atom stereocenters. The summed E-state index contributed by atoms with van der Waals surface area (Å²) in [6.07, 6.45) is 0.605. The predicted molar refractivity (Wildman–Crippen MR) is 137 cm³/mol. The average molecular weight is 507 g/mol. The summed E-state index contributed by atoms with van der Waals surface area (Å²) in [5.74, 6) is -0.271. The van der Waals surface area contributed by atoms with E-state index in [0.717, 1.165) is 27.6 Å². The molecule has 2 aromatic heterocycles. The number of aromatic amines is 1. The first-order chi connectivity index (χ1) is 17.8. The molecule has 2 aromatic carbocycles. The van der Waals surface area contributed by atoms with E-state index in [9.17, 15) is 14.0 Å². The lowest BCUT2D eigenvalue weighted by molar-refractivity contribution is -0.144. The molecule has 0 radical (unpaired) electrons. The van der Waals surface area contributed by atoms with Crippen molar-refractivity contribution in [1.29, 1.82) is 0 Å². The Bertz CT molecular complexity index is 1450. The zero-order valence-electron chi connectivity index (χ0n) is 21.5. The maximum atomic E-state index is 13.6. The lowest BCUT2D eigenvalue weighted by Gasteiger charge is -2.30. The number of fused-ring (bicyclic) bond motifs is 1. The van der Waals surface area contributed by atoms with Gasteiger partial charge in [-0.15, -0.1) is 5.10 Å². The smallest absolute Gasteiger partial charge is 0.327 e. The fraction of sp³-hybridized carbons (Fsp3) is 0.370. The number of aromatic nitrogens is 5. The molecule has 37 heavy (non-hydrogen) atoms. The van der Waals surface area contributed by atoms with Crippen LogP contribution in [0.1, 0.15) is 54.4 Å². The number of pyridine rings is 1. The first-order valence-corrected chi connectivity index (χ1v) is 12.3. The van der Waals surface area contributed by atoms with Crippen molar-refractivity contribution in [2.45, 2.75) is 59.8 Å². The maximum Gasteiger partial charge on any atom is 0.327 e. The van der Waals surface area contributed by atoms with Gasteiger partial charge in [0.15, 0.2) is 5.82 Å². The van der Waals surface area contributed by atoms with Crippen molar-refractivity contribution in [2.75, 3.05) is 6.61 Å². The molecule has 0 bridgehead atoms. The summed E-state index contributed by atoms with van der Waals surface area (Å²) >= 11 is 0. The molecule has 194 valence electrons. The van der Waals surface area contributed by atoms with Gasteiger partial charge in [0, 0.05) is 24.0 Å². The minimum atomic E-state index is -0.437. The van der Waals surface area contributed by atoms with Crippen LogP contribution in [-0.2, 0) is 29.2 Å². The van der Waals surface area contributed by atoms with Crippen molar-refractivity contribution in [1.82, 2.24) is 30.1 Å². The number of carbonyl (C=O) groups is 1. The van der Waals surface area contributed by atoms with E-state index in [2.05, 4.69) is 25.4 Å². The van der Waals surface area contributed by atoms with Crippen molar-refractivity contribution in [2.24, 2.45) is 0 Å². The number of ether oxygens (including phenoxy) is 1. The minimum Gasteiger partial charge on any atom is -0.465 e. The molecule has 0 aliphatic rings. The fourth-order valence-electron chi connectivity index (χ4n) is 4.55. The maximum absolute atomic E-state index is 13.6. The van der Waals surface area contributed by atoms with E-state index in [1.54, 1.807) is 19.1 Å². The molecule has 1 atom stereocenters. The molecule has 4 aromatic rings. The van der Waals surface area contributed by atoms with Crippen LogP contribution in [0.2, 0.25) is 0 Å². The number of tetrazole rings is 1. The van der Waals surface area contributed by atoms with Crippen LogP contribution in [0.5, 0.6) is 0 Å². The molecular weight excluding hydrogens is 475 g/mol. The summed E-state index contributed by atoms with van der Waals surface area (Å²) in [4.78, 5) is 30.4. The van der Waals surface area contributed by atoms with Gasteiger partial charge in [0.05, 0.1) is 18.2 Å². The number of hydrogen-bond acceptors (Lipinski definition) is 7. The molecule has 1 N–H and O–H groups in total. The molecule has 0 saturated heterocycles. The summed E-state index contributed by atoms with van der Waals surface area (Å²) in [6, 6.07) is 11.9. The average Bonchev–Trinajstić information content (AvgIpc) is 3.32. The third-order valence-electron chi connectivity index (χ3n) is 6.46. The van der Waals surface area contributed by atoms with Crippen LogP contribution in [0.15, 0.2) is 47.3 Å². The van der Waals surface area contributed by atoms with Crippen LogP contribution in [0.3, 0.4) is 0 Å². The Kier molecular flexibility index (Phi) is 8.08. The SMILES string of the molecule is CCOC(=O)Cn1nnnc1[C@H](CC)N(Cc1ccc(F)cc1)Cc1cc2c(C)ccc(C)c2[nH]c1=O. The number of rotatable bonds is 10. The highest BCUT2D eigenvalue weighted by Crippen LogP contribution is 2.27. The number of esters is 1. The summed E-state index contributed by atoms with van der Waals surface area (Å²) in [5, 5.41) is 13.0. The van der Waals surface area contributed by atoms with Gasteiger partial charge in [0.1, 0.15) is 12.4 Å². The Morgan fingerprint density at radius 3 is 2.54 bits per heavy atom. The van der Waals surface area contributed by atoms with Crippen molar-refractivity contribution >= 4 is 16.9 Å². The monoisotopic (exact) mass is 506 g/mol. The molecule has 0 fully saturated rings. The number of halogens is 1. The third-order valence-corrected chi connectivity index (χ3v) is 6.46. The van der Waals surface area contributed by atoms with Gasteiger partial charge in [-0.3, -0.25) is 14.5 Å². The van der Waals surface area contributed by atoms with E-state index in [-0.39, 0.29) is 30.6 Å². The summed E-state index contributed by atoms with van der Waals surface area (Å²) in [7, 11) is 0. The lowest BCUT2D eigenvalue weighted by Crippen LogP contribution is -2.33. The van der Waals surface area contributed by atoms with Crippen LogP contribution in [0, 0.1) is 19.7 Å². The first-order valence-electron chi connectivity index (χ1n) is 12.3. The zero-order valence-corrected chi connectivity index (χ0v) is 21.5. The number of hydrogen-bond donors (Lipinski definition) is 1. The highest BCUT2D eigenvalue weighted by atomic mass is 19.1. The van der Waals surface area contributed by atoms with Crippen LogP contribution >= 0.6 is 0 Å². The van der Waals surface area contributed by atoms with Crippen molar-refractivity contribution in [3.8, 4) is 0 Å². The van der Waals surface area contributed by atoms with Gasteiger partial charge in [-0.25, -0.2) is 9.07 Å². The van der Waals surface area contributed by atoms with E-state index in [4.69, 9.17) is 4.74 Å². The molecule has 0 spiro atoms. The van der Waals surface area contributed by atoms with E-state index < -0.39 is 5.97 Å². The van der Waals surface area contributed by atoms with E-state index in [1.165, 1.54) is 16.8 Å². The second-order valence-corrected chi connectivity index (χ2v) is 9.07. The molecule has 0 aliphatic carbocycles. The summed E-state index contributed by atoms with van der Waals surface area (Å²) in [6.45, 7) is 8.55. The Morgan fingerprint density at radius 2 is 1.84 bits per heavy atom. The fourth-order valence-corrected chi connectivity index (χ4v) is 4.55. The summed E-state index contributed by atoms with van der Waals surface area (Å²) < 4.78 is 20.1. The number of H-pyrrole nitrogens is 1. The van der Waals surface area contributed by atoms with Gasteiger partial charge < -0.3 is 9.72 Å². The lowest BCUT2D eigenvalue weighted by atomic mass is 10.0. The van der Waals surface area contributed by atoms with Crippen molar-refractivity contribution in [3.63, 3.8) is 0 Å². The highest BCUT2D eigenvalue weighted by molar-refractivity contribution is 5.85. The van der Waals surface area contributed by atoms with Crippen molar-refractivity contribution in [3.05, 3.63) is 86.7 Å². The number of nitrogens with one attached hydrogen (secondary N) is 1. The van der Waals surface area contributed by atoms with Crippen LogP contribution in [-0.4, -0.2) is 42.7 Å². The third kappa shape index (κ3) is 5.91. The van der Waals surface area contributed by atoms with Crippen LogP contribution < -0.4 is 5.56 Å². The van der Waals surface area contributed by atoms with E-state index >= 15 is 0 Å². The number of benzene rings is 2. The number of nitrogens with zero attached hydrogens (tertiary/aromatic N) is 5. The largest absolute Gasteiger partial charge is 0.465 e. The van der Waals surface area contributed by atoms with Crippen LogP contribution in [0.4, 0.5) is 4.39 Å². The molecule has 4 rings (SSSR count). The van der Waals surface area contributed by atoms with Crippen LogP contribution in [0.25, 0.3) is 10.9 Å². The van der Waals surface area contributed by atoms with E-state index in [1.807, 2.05) is 39.0 Å². The second-order valence-electron chi connectivity index (χ2n) is 9.07. The molecule has 9 nitrogen and oxygen atoms in total. The Morgan fingerprint density at radius 1 is 1.11 bits per heavy atom. The zero-order chi connectivity index (χ0) is 26.5. The molecule has 0 amide bonds. The first kappa shape index (κ1) is 26.2. The Balaban J connectivity index is 1.75. The molecule has 0 aliphatic heterocycles. The molecular formula is C27H31FN6O3. The second kappa shape index (κ2) is 11.4. The van der Waals surface area contributed by atoms with Gasteiger partial charge in [0.2, 0.25) is 0 Å². The van der Waals surface area contributed by atoms with Gasteiger partial charge in [0.25, 0.3) is 5.56 Å². The molecule has 0 saturated carbocycles. The Labute approximate surface area is 214 Å². The van der Waals surface area contributed by atoms with E-state index in [0.29, 0.717) is 30.9 Å². The number of aryl methyl sites for hydroxylation is 2. The standard InChI is InChI=1S/C27H31FN6O3/c1-5-23(26-30-31-32-34(26)16-24(35)37-6-2)33(14-19-9-11-21(28)12-10-19)15-20-13-22-17(3)7-8-18(4)25(22)29-27(20)36/h7-13,23H,5-6,14-16H2,1-4H3,(H,29,36)/t23-/m0/s1. The quantitative estimate of drug-likeness (QED) is 0.324. The van der Waals surface area contributed by atoms with Gasteiger partial charge >= 0.3 is 5.97 Å². The Hall–Kier alpha value is -3.92. The highest BCUT2D eigenvalue weighted by Gasteiger charge is 2.27. The predicted octanol–water partition coefficient (Wildman–Crippen LogP) is 3.99. The normalized spacial score (nSPS) is 12.3. The van der Waals surface area contributed by atoms with Gasteiger partial charge in [-0.1, -0.05) is 31.2 Å². The summed E-state index contributed by atoms with van der Waals surface area (Å²) in [5.41, 5.74) is 4.17. The van der Waals surface area contributed by atoms with Gasteiger partial charge in [-0.05, 0) is 72.5 Å². The molecule has 2 heterocycles. The molecule has 10 heteroatoms.